The Balaban J connectivity index is 1.31. The summed E-state index contributed by atoms with van der Waals surface area (Å²) in [6.07, 6.45) is 1.14. The molecule has 0 radical (unpaired) electrons. The number of nitrogens with zero attached hydrogens (tertiary/aromatic N) is 2. The largest absolute Gasteiger partial charge is 0.497 e. The Morgan fingerprint density at radius 1 is 1.13 bits per heavy atom. The number of nitrogens with one attached hydrogen (secondary N) is 1. The number of carbonyl (C=O) groups is 1. The molecule has 6 nitrogen and oxygen atoms in total. The van der Waals surface area contributed by atoms with Crippen LogP contribution >= 0.6 is 11.3 Å². The summed E-state index contributed by atoms with van der Waals surface area (Å²) in [5.41, 5.74) is 5.32. The molecule has 2 aromatic heterocycles. The normalized spacial score (nSPS) is 13.3. The second kappa shape index (κ2) is 8.07. The van der Waals surface area contributed by atoms with Crippen LogP contribution in [-0.4, -0.2) is 41.5 Å². The smallest absolute Gasteiger partial charge is 0.228 e. The first-order valence-corrected chi connectivity index (χ1v) is 11.1. The SMILES string of the molecule is COc1ccc(-c2nc(CC(=O)N3CCc4[nH]c5ccc(OC)cc5c4C3)cs2)cc1. The van der Waals surface area contributed by atoms with Gasteiger partial charge < -0.3 is 19.4 Å². The number of aromatic amines is 1. The van der Waals surface area contributed by atoms with Crippen molar-refractivity contribution in [2.75, 3.05) is 20.8 Å². The van der Waals surface area contributed by atoms with Gasteiger partial charge in [0.1, 0.15) is 16.5 Å². The molecule has 0 spiro atoms. The van der Waals surface area contributed by atoms with Crippen LogP contribution in [0.3, 0.4) is 0 Å². The van der Waals surface area contributed by atoms with E-state index in [1.165, 1.54) is 11.3 Å². The van der Waals surface area contributed by atoms with Crippen molar-refractivity contribution in [3.63, 3.8) is 0 Å². The van der Waals surface area contributed by atoms with Gasteiger partial charge in [-0.3, -0.25) is 4.79 Å². The van der Waals surface area contributed by atoms with Gasteiger partial charge in [0.05, 0.1) is 26.3 Å². The monoisotopic (exact) mass is 433 g/mol. The summed E-state index contributed by atoms with van der Waals surface area (Å²) in [5, 5.41) is 4.01. The fourth-order valence-corrected chi connectivity index (χ4v) is 4.88. The molecule has 1 N–H and O–H groups in total. The van der Waals surface area contributed by atoms with Crippen LogP contribution in [0.1, 0.15) is 17.0 Å². The third kappa shape index (κ3) is 3.77. The second-order valence-electron chi connectivity index (χ2n) is 7.61. The summed E-state index contributed by atoms with van der Waals surface area (Å²) in [4.78, 5) is 23.1. The van der Waals surface area contributed by atoms with Crippen molar-refractivity contribution in [2.45, 2.75) is 19.4 Å². The minimum atomic E-state index is 0.106. The first-order chi connectivity index (χ1) is 15.1. The second-order valence-corrected chi connectivity index (χ2v) is 8.47. The van der Waals surface area contributed by atoms with Crippen LogP contribution in [0.4, 0.5) is 0 Å². The van der Waals surface area contributed by atoms with Crippen molar-refractivity contribution in [3.8, 4) is 22.1 Å². The minimum absolute atomic E-state index is 0.106. The number of fused-ring (bicyclic) bond motifs is 3. The molecule has 0 aliphatic carbocycles. The molecule has 5 rings (SSSR count). The Morgan fingerprint density at radius 2 is 1.90 bits per heavy atom. The van der Waals surface area contributed by atoms with Gasteiger partial charge in [-0.2, -0.15) is 0 Å². The first-order valence-electron chi connectivity index (χ1n) is 10.2. The van der Waals surface area contributed by atoms with E-state index >= 15 is 0 Å². The Morgan fingerprint density at radius 3 is 2.68 bits per heavy atom. The van der Waals surface area contributed by atoms with Crippen molar-refractivity contribution >= 4 is 28.1 Å². The Hall–Kier alpha value is -3.32. The lowest BCUT2D eigenvalue weighted by Gasteiger charge is -2.27. The maximum Gasteiger partial charge on any atom is 0.228 e. The molecule has 1 aliphatic heterocycles. The van der Waals surface area contributed by atoms with Gasteiger partial charge >= 0.3 is 0 Å². The molecule has 0 atom stereocenters. The summed E-state index contributed by atoms with van der Waals surface area (Å²) in [7, 11) is 3.32. The van der Waals surface area contributed by atoms with Gasteiger partial charge in [0.25, 0.3) is 0 Å². The number of methoxy groups -OCH3 is 2. The van der Waals surface area contributed by atoms with Gasteiger partial charge in [-0.05, 0) is 42.5 Å². The van der Waals surface area contributed by atoms with Crippen LogP contribution in [0.2, 0.25) is 0 Å². The van der Waals surface area contributed by atoms with E-state index in [9.17, 15) is 4.79 Å². The molecule has 0 unspecified atom stereocenters. The van der Waals surface area contributed by atoms with Gasteiger partial charge in [-0.1, -0.05) is 0 Å². The van der Waals surface area contributed by atoms with E-state index in [1.54, 1.807) is 25.6 Å². The summed E-state index contributed by atoms with van der Waals surface area (Å²) >= 11 is 1.56. The molecular formula is C24H23N3O3S. The first kappa shape index (κ1) is 19.6. The zero-order chi connectivity index (χ0) is 21.4. The minimum Gasteiger partial charge on any atom is -0.497 e. The predicted molar refractivity (Wildman–Crippen MR) is 122 cm³/mol. The number of H-pyrrole nitrogens is 1. The zero-order valence-electron chi connectivity index (χ0n) is 17.5. The van der Waals surface area contributed by atoms with Crippen LogP contribution in [-0.2, 0) is 24.2 Å². The summed E-state index contributed by atoms with van der Waals surface area (Å²) in [6, 6.07) is 13.8. The molecule has 0 saturated heterocycles. The van der Waals surface area contributed by atoms with E-state index in [2.05, 4.69) is 9.97 Å². The number of carbonyl (C=O) groups excluding carboxylic acids is 1. The van der Waals surface area contributed by atoms with Gasteiger partial charge in [0.15, 0.2) is 0 Å². The number of amides is 1. The molecule has 1 amide bonds. The summed E-state index contributed by atoms with van der Waals surface area (Å²) in [6.45, 7) is 1.32. The van der Waals surface area contributed by atoms with E-state index in [-0.39, 0.29) is 5.91 Å². The van der Waals surface area contributed by atoms with Gasteiger partial charge in [-0.25, -0.2) is 4.98 Å². The average molecular weight is 434 g/mol. The Labute approximate surface area is 184 Å². The Bertz CT molecular complexity index is 1240. The molecule has 3 heterocycles. The van der Waals surface area contributed by atoms with Crippen molar-refractivity contribution in [2.24, 2.45) is 0 Å². The lowest BCUT2D eigenvalue weighted by atomic mass is 10.0. The highest BCUT2D eigenvalue weighted by Crippen LogP contribution is 2.31. The van der Waals surface area contributed by atoms with Gasteiger partial charge in [0.2, 0.25) is 5.91 Å². The third-order valence-electron chi connectivity index (χ3n) is 5.76. The van der Waals surface area contributed by atoms with Gasteiger partial charge in [-0.15, -0.1) is 11.3 Å². The zero-order valence-corrected chi connectivity index (χ0v) is 18.3. The fraction of sp³-hybridized carbons (Fsp3) is 0.250. The molecule has 7 heteroatoms. The van der Waals surface area contributed by atoms with E-state index in [0.717, 1.165) is 45.1 Å². The molecule has 1 aliphatic rings. The number of aromatic nitrogens is 2. The molecular weight excluding hydrogens is 410 g/mol. The molecule has 0 bridgehead atoms. The molecule has 4 aromatic rings. The van der Waals surface area contributed by atoms with Crippen LogP contribution in [0.25, 0.3) is 21.5 Å². The van der Waals surface area contributed by atoms with Crippen molar-refractivity contribution in [1.29, 1.82) is 0 Å². The number of rotatable bonds is 5. The standard InChI is InChI=1S/C24H23N3O3S/c1-29-17-5-3-15(4-6-17)24-25-16(14-31-24)11-23(28)27-10-9-22-20(13-27)19-12-18(30-2)7-8-21(19)26-22/h3-8,12,14,26H,9-11,13H2,1-2H3. The molecule has 2 aromatic carbocycles. The number of hydrogen-bond acceptors (Lipinski definition) is 5. The maximum atomic E-state index is 13.0. The van der Waals surface area contributed by atoms with E-state index < -0.39 is 0 Å². The molecule has 0 fully saturated rings. The topological polar surface area (TPSA) is 67.5 Å². The molecule has 0 saturated carbocycles. The lowest BCUT2D eigenvalue weighted by Crippen LogP contribution is -2.36. The van der Waals surface area contributed by atoms with E-state index in [0.29, 0.717) is 19.5 Å². The average Bonchev–Trinajstić information content (AvgIpc) is 3.42. The number of ether oxygens (including phenoxy) is 2. The summed E-state index contributed by atoms with van der Waals surface area (Å²) < 4.78 is 10.6. The summed E-state index contributed by atoms with van der Waals surface area (Å²) in [5.74, 6) is 1.75. The highest BCUT2D eigenvalue weighted by molar-refractivity contribution is 7.13. The molecule has 158 valence electrons. The lowest BCUT2D eigenvalue weighted by molar-refractivity contribution is -0.131. The predicted octanol–water partition coefficient (Wildman–Crippen LogP) is 4.44. The van der Waals surface area contributed by atoms with Crippen molar-refractivity contribution < 1.29 is 14.3 Å². The highest BCUT2D eigenvalue weighted by Gasteiger charge is 2.25. The van der Waals surface area contributed by atoms with Crippen molar-refractivity contribution in [1.82, 2.24) is 14.9 Å². The third-order valence-corrected chi connectivity index (χ3v) is 6.70. The van der Waals surface area contributed by atoms with Crippen LogP contribution in [0.15, 0.2) is 47.8 Å². The van der Waals surface area contributed by atoms with E-state index in [1.807, 2.05) is 52.7 Å². The number of benzene rings is 2. The number of hydrogen-bond donors (Lipinski definition) is 1. The Kier molecular flexibility index (Phi) is 5.11. The molecule has 31 heavy (non-hydrogen) atoms. The van der Waals surface area contributed by atoms with Crippen LogP contribution < -0.4 is 9.47 Å². The highest BCUT2D eigenvalue weighted by atomic mass is 32.1. The van der Waals surface area contributed by atoms with Gasteiger partial charge in [0, 0.05) is 52.6 Å². The quantitative estimate of drug-likeness (QED) is 0.505. The van der Waals surface area contributed by atoms with Crippen molar-refractivity contribution in [3.05, 3.63) is 64.8 Å². The maximum absolute atomic E-state index is 13.0. The van der Waals surface area contributed by atoms with Crippen LogP contribution in [0.5, 0.6) is 11.5 Å². The van der Waals surface area contributed by atoms with Crippen LogP contribution in [0, 0.1) is 0 Å². The van der Waals surface area contributed by atoms with E-state index in [4.69, 9.17) is 9.47 Å². The fourth-order valence-electron chi connectivity index (χ4n) is 4.05. The number of thiazole rings is 1.